The minimum absolute atomic E-state index is 0.0332. The summed E-state index contributed by atoms with van der Waals surface area (Å²) in [6.07, 6.45) is 6.98. The van der Waals surface area contributed by atoms with Crippen LogP contribution in [0.1, 0.15) is 36.2 Å². The molecule has 1 aliphatic heterocycles. The fourth-order valence-corrected chi connectivity index (χ4v) is 3.31. The lowest BCUT2D eigenvalue weighted by atomic mass is 10.1. The van der Waals surface area contributed by atoms with Crippen molar-refractivity contribution in [1.82, 2.24) is 14.8 Å². The van der Waals surface area contributed by atoms with Crippen molar-refractivity contribution in [2.75, 3.05) is 31.9 Å². The Bertz CT molecular complexity index is 477. The summed E-state index contributed by atoms with van der Waals surface area (Å²) in [5.74, 6) is -0.0332. The summed E-state index contributed by atoms with van der Waals surface area (Å²) in [6, 6.07) is 4.23. The van der Waals surface area contributed by atoms with Gasteiger partial charge in [0.05, 0.1) is 5.69 Å². The second-order valence-electron chi connectivity index (χ2n) is 5.71. The maximum absolute atomic E-state index is 12.4. The van der Waals surface area contributed by atoms with Crippen LogP contribution in [-0.2, 0) is 0 Å². The number of carbonyl (C=O) groups is 1. The highest BCUT2D eigenvalue weighted by Gasteiger charge is 2.29. The van der Waals surface area contributed by atoms with E-state index in [0.717, 1.165) is 32.2 Å². The predicted molar refractivity (Wildman–Crippen MR) is 78.4 cm³/mol. The van der Waals surface area contributed by atoms with Crippen molar-refractivity contribution >= 4 is 11.6 Å². The lowest BCUT2D eigenvalue weighted by molar-refractivity contribution is 0.0569. The van der Waals surface area contributed by atoms with Crippen LogP contribution in [0.15, 0.2) is 18.3 Å². The van der Waals surface area contributed by atoms with E-state index in [1.165, 1.54) is 25.7 Å². The van der Waals surface area contributed by atoms with Crippen LogP contribution >= 0.6 is 0 Å². The van der Waals surface area contributed by atoms with Gasteiger partial charge in [-0.1, -0.05) is 12.8 Å². The molecule has 5 nitrogen and oxygen atoms in total. The minimum atomic E-state index is -0.0332. The van der Waals surface area contributed by atoms with E-state index in [0.29, 0.717) is 11.4 Å². The van der Waals surface area contributed by atoms with Gasteiger partial charge in [0.2, 0.25) is 0 Å². The van der Waals surface area contributed by atoms with E-state index in [4.69, 9.17) is 5.73 Å². The Morgan fingerprint density at radius 2 is 1.90 bits per heavy atom. The Morgan fingerprint density at radius 3 is 2.55 bits per heavy atom. The quantitative estimate of drug-likeness (QED) is 0.884. The molecule has 1 aromatic heterocycles. The predicted octanol–water partition coefficient (Wildman–Crippen LogP) is 1.36. The van der Waals surface area contributed by atoms with Crippen LogP contribution < -0.4 is 5.73 Å². The molecule has 1 saturated carbocycles. The number of rotatable bonds is 2. The molecule has 1 aliphatic carbocycles. The number of nitrogens with zero attached hydrogens (tertiary/aromatic N) is 3. The van der Waals surface area contributed by atoms with Crippen LogP contribution in [0.3, 0.4) is 0 Å². The molecule has 108 valence electrons. The number of carbonyl (C=O) groups excluding carboxylic acids is 1. The third-order valence-electron chi connectivity index (χ3n) is 4.48. The number of amides is 1. The zero-order valence-electron chi connectivity index (χ0n) is 11.8. The first-order chi connectivity index (χ1) is 9.75. The van der Waals surface area contributed by atoms with Gasteiger partial charge in [-0.05, 0) is 25.0 Å². The van der Waals surface area contributed by atoms with Crippen molar-refractivity contribution in [3.8, 4) is 0 Å². The maximum atomic E-state index is 12.4. The van der Waals surface area contributed by atoms with Gasteiger partial charge in [-0.3, -0.25) is 9.69 Å². The average Bonchev–Trinajstić information content (AvgIpc) is 3.01. The molecular weight excluding hydrogens is 252 g/mol. The van der Waals surface area contributed by atoms with Crippen molar-refractivity contribution in [3.05, 3.63) is 24.0 Å². The summed E-state index contributed by atoms with van der Waals surface area (Å²) in [5.41, 5.74) is 6.69. The van der Waals surface area contributed by atoms with Crippen molar-refractivity contribution < 1.29 is 4.79 Å². The average molecular weight is 274 g/mol. The minimum Gasteiger partial charge on any atom is -0.397 e. The third-order valence-corrected chi connectivity index (χ3v) is 4.48. The smallest absolute Gasteiger partial charge is 0.274 e. The lowest BCUT2D eigenvalue weighted by Crippen LogP contribution is -2.51. The zero-order chi connectivity index (χ0) is 13.9. The van der Waals surface area contributed by atoms with Gasteiger partial charge >= 0.3 is 0 Å². The van der Waals surface area contributed by atoms with Crippen LogP contribution in [-0.4, -0.2) is 52.9 Å². The molecule has 2 fully saturated rings. The van der Waals surface area contributed by atoms with E-state index >= 15 is 0 Å². The lowest BCUT2D eigenvalue weighted by Gasteiger charge is -2.38. The largest absolute Gasteiger partial charge is 0.397 e. The number of piperazine rings is 1. The SMILES string of the molecule is Nc1cccnc1C(=O)N1CCN(C2CCCC2)CC1. The molecule has 2 N–H and O–H groups in total. The molecule has 0 aromatic carbocycles. The molecule has 0 radical (unpaired) electrons. The number of hydrogen-bond donors (Lipinski definition) is 1. The van der Waals surface area contributed by atoms with E-state index in [-0.39, 0.29) is 5.91 Å². The highest BCUT2D eigenvalue weighted by Crippen LogP contribution is 2.24. The molecule has 5 heteroatoms. The zero-order valence-corrected chi connectivity index (χ0v) is 11.8. The Hall–Kier alpha value is -1.62. The van der Waals surface area contributed by atoms with Gasteiger partial charge in [-0.2, -0.15) is 0 Å². The summed E-state index contributed by atoms with van der Waals surface area (Å²) < 4.78 is 0. The fourth-order valence-electron chi connectivity index (χ4n) is 3.31. The topological polar surface area (TPSA) is 62.5 Å². The summed E-state index contributed by atoms with van der Waals surface area (Å²) in [6.45, 7) is 3.52. The van der Waals surface area contributed by atoms with Crippen LogP contribution in [0.4, 0.5) is 5.69 Å². The summed E-state index contributed by atoms with van der Waals surface area (Å²) in [5, 5.41) is 0. The van der Waals surface area contributed by atoms with Crippen LogP contribution in [0.2, 0.25) is 0 Å². The van der Waals surface area contributed by atoms with Gasteiger partial charge in [0.25, 0.3) is 5.91 Å². The molecular formula is C15H22N4O. The van der Waals surface area contributed by atoms with E-state index in [2.05, 4.69) is 9.88 Å². The Labute approximate surface area is 119 Å². The molecule has 2 heterocycles. The molecule has 1 amide bonds. The number of pyridine rings is 1. The monoisotopic (exact) mass is 274 g/mol. The van der Waals surface area contributed by atoms with E-state index in [1.54, 1.807) is 18.3 Å². The molecule has 0 spiro atoms. The van der Waals surface area contributed by atoms with Crippen molar-refractivity contribution in [2.24, 2.45) is 0 Å². The van der Waals surface area contributed by atoms with Gasteiger partial charge < -0.3 is 10.6 Å². The second-order valence-corrected chi connectivity index (χ2v) is 5.71. The summed E-state index contributed by atoms with van der Waals surface area (Å²) in [7, 11) is 0. The Kier molecular flexibility index (Phi) is 3.87. The van der Waals surface area contributed by atoms with Gasteiger partial charge in [0, 0.05) is 38.4 Å². The number of hydrogen-bond acceptors (Lipinski definition) is 4. The number of nitrogens with two attached hydrogens (primary N) is 1. The standard InChI is InChI=1S/C15H22N4O/c16-13-6-3-7-17-14(13)15(20)19-10-8-18(9-11-19)12-4-1-2-5-12/h3,6-7,12H,1-2,4-5,8-11,16H2. The highest BCUT2D eigenvalue weighted by atomic mass is 16.2. The molecule has 3 rings (SSSR count). The number of nitrogen functional groups attached to an aromatic ring is 1. The van der Waals surface area contributed by atoms with Gasteiger partial charge in [-0.25, -0.2) is 4.98 Å². The van der Waals surface area contributed by atoms with E-state index in [1.807, 2.05) is 4.90 Å². The normalized spacial score (nSPS) is 21.3. The van der Waals surface area contributed by atoms with Crippen LogP contribution in [0.5, 0.6) is 0 Å². The third kappa shape index (κ3) is 2.63. The first-order valence-corrected chi connectivity index (χ1v) is 7.49. The molecule has 2 aliphatic rings. The molecule has 0 bridgehead atoms. The highest BCUT2D eigenvalue weighted by molar-refractivity contribution is 5.97. The summed E-state index contributed by atoms with van der Waals surface area (Å²) >= 11 is 0. The first-order valence-electron chi connectivity index (χ1n) is 7.49. The van der Waals surface area contributed by atoms with Gasteiger partial charge in [0.15, 0.2) is 5.69 Å². The number of aromatic nitrogens is 1. The fraction of sp³-hybridized carbons (Fsp3) is 0.600. The second kappa shape index (κ2) is 5.79. The van der Waals surface area contributed by atoms with Crippen LogP contribution in [0, 0.1) is 0 Å². The molecule has 20 heavy (non-hydrogen) atoms. The van der Waals surface area contributed by atoms with Crippen LogP contribution in [0.25, 0.3) is 0 Å². The Balaban J connectivity index is 1.60. The molecule has 1 aromatic rings. The van der Waals surface area contributed by atoms with Crippen molar-refractivity contribution in [3.63, 3.8) is 0 Å². The number of anilines is 1. The molecule has 1 saturated heterocycles. The summed E-state index contributed by atoms with van der Waals surface area (Å²) in [4.78, 5) is 21.0. The maximum Gasteiger partial charge on any atom is 0.274 e. The Morgan fingerprint density at radius 1 is 1.20 bits per heavy atom. The molecule has 0 atom stereocenters. The van der Waals surface area contributed by atoms with Crippen molar-refractivity contribution in [2.45, 2.75) is 31.7 Å². The molecule has 0 unspecified atom stereocenters. The first kappa shape index (κ1) is 13.4. The van der Waals surface area contributed by atoms with E-state index in [9.17, 15) is 4.79 Å². The van der Waals surface area contributed by atoms with Gasteiger partial charge in [-0.15, -0.1) is 0 Å². The van der Waals surface area contributed by atoms with Gasteiger partial charge in [0.1, 0.15) is 0 Å². The van der Waals surface area contributed by atoms with E-state index < -0.39 is 0 Å². The van der Waals surface area contributed by atoms with Crippen molar-refractivity contribution in [1.29, 1.82) is 0 Å².